The number of amides is 1. The molecule has 0 saturated carbocycles. The molecule has 0 aromatic carbocycles. The van der Waals surface area contributed by atoms with Gasteiger partial charge in [0.05, 0.1) is 5.69 Å². The average Bonchev–Trinajstić information content (AvgIpc) is 2.65. The Bertz CT molecular complexity index is 819. The van der Waals surface area contributed by atoms with Gasteiger partial charge >= 0.3 is 12.1 Å². The van der Waals surface area contributed by atoms with Crippen LogP contribution >= 0.6 is 11.6 Å². The first-order valence-corrected chi connectivity index (χ1v) is 9.47. The Hall–Kier alpha value is -2.61. The molecule has 0 unspecified atom stereocenters. The van der Waals surface area contributed by atoms with Gasteiger partial charge in [0.1, 0.15) is 18.0 Å². The second kappa shape index (κ2) is 8.60. The number of piperazine rings is 1. The summed E-state index contributed by atoms with van der Waals surface area (Å²) in [5.74, 6) is 0.757. The van der Waals surface area contributed by atoms with Gasteiger partial charge in [-0.25, -0.2) is 9.78 Å². The van der Waals surface area contributed by atoms with Gasteiger partial charge in [0.25, 0.3) is 0 Å². The third kappa shape index (κ3) is 5.69. The Morgan fingerprint density at radius 3 is 2.54 bits per heavy atom. The van der Waals surface area contributed by atoms with Crippen LogP contribution in [-0.2, 0) is 11.3 Å². The zero-order valence-electron chi connectivity index (χ0n) is 16.3. The highest BCUT2D eigenvalue weighted by atomic mass is 35.5. The smallest absolute Gasteiger partial charge is 0.410 e. The van der Waals surface area contributed by atoms with Gasteiger partial charge in [-0.15, -0.1) is 0 Å². The van der Waals surface area contributed by atoms with Crippen LogP contribution in [0.2, 0.25) is 5.02 Å². The highest BCUT2D eigenvalue weighted by Crippen LogP contribution is 2.18. The van der Waals surface area contributed by atoms with Crippen molar-refractivity contribution in [1.82, 2.24) is 19.9 Å². The van der Waals surface area contributed by atoms with E-state index in [2.05, 4.69) is 19.9 Å². The van der Waals surface area contributed by atoms with Crippen LogP contribution < -0.4 is 9.64 Å². The van der Waals surface area contributed by atoms with Crippen molar-refractivity contribution in [2.75, 3.05) is 31.1 Å². The van der Waals surface area contributed by atoms with Gasteiger partial charge in [-0.1, -0.05) is 11.6 Å². The number of nitrogens with zero attached hydrogens (tertiary/aromatic N) is 5. The zero-order chi connectivity index (χ0) is 20.1. The molecule has 0 spiro atoms. The van der Waals surface area contributed by atoms with Crippen molar-refractivity contribution in [3.63, 3.8) is 0 Å². The topological polar surface area (TPSA) is 80.7 Å². The Morgan fingerprint density at radius 2 is 1.86 bits per heavy atom. The maximum absolute atomic E-state index is 12.2. The lowest BCUT2D eigenvalue weighted by atomic mass is 10.2. The maximum Gasteiger partial charge on any atom is 0.410 e. The maximum atomic E-state index is 12.2. The minimum absolute atomic E-state index is 0.233. The molecule has 0 radical (unpaired) electrons. The molecule has 0 aliphatic carbocycles. The average molecular weight is 406 g/mol. The summed E-state index contributed by atoms with van der Waals surface area (Å²) >= 11 is 5.95. The molecule has 1 aliphatic rings. The molecule has 8 nitrogen and oxygen atoms in total. The molecular formula is C19H24ClN5O3. The lowest BCUT2D eigenvalue weighted by Crippen LogP contribution is -2.50. The van der Waals surface area contributed by atoms with Crippen molar-refractivity contribution in [2.24, 2.45) is 0 Å². The van der Waals surface area contributed by atoms with Gasteiger partial charge in [-0.2, -0.15) is 4.98 Å². The molecule has 1 fully saturated rings. The minimum Gasteiger partial charge on any atom is -0.457 e. The first-order valence-electron chi connectivity index (χ1n) is 9.09. The summed E-state index contributed by atoms with van der Waals surface area (Å²) in [6, 6.07) is 5.54. The number of carbonyl (C=O) groups is 1. The normalized spacial score (nSPS) is 14.7. The fourth-order valence-corrected chi connectivity index (χ4v) is 2.87. The van der Waals surface area contributed by atoms with Gasteiger partial charge in [0.2, 0.25) is 0 Å². The van der Waals surface area contributed by atoms with Crippen LogP contribution in [0.5, 0.6) is 6.01 Å². The molecule has 0 N–H and O–H groups in total. The van der Waals surface area contributed by atoms with Gasteiger partial charge < -0.3 is 19.3 Å². The number of carbonyl (C=O) groups excluding carboxylic acids is 1. The largest absolute Gasteiger partial charge is 0.457 e. The second-order valence-electron chi connectivity index (χ2n) is 7.41. The third-order valence-electron chi connectivity index (χ3n) is 4.00. The number of hydrogen-bond donors (Lipinski definition) is 0. The van der Waals surface area contributed by atoms with Gasteiger partial charge in [-0.05, 0) is 39.0 Å². The van der Waals surface area contributed by atoms with E-state index in [1.807, 2.05) is 26.8 Å². The second-order valence-corrected chi connectivity index (χ2v) is 7.84. The van der Waals surface area contributed by atoms with E-state index in [0.29, 0.717) is 36.9 Å². The number of rotatable bonds is 4. The van der Waals surface area contributed by atoms with Gasteiger partial charge in [-0.3, -0.25) is 4.98 Å². The summed E-state index contributed by atoms with van der Waals surface area (Å²) < 4.78 is 11.1. The van der Waals surface area contributed by atoms with Gasteiger partial charge in [0.15, 0.2) is 0 Å². The molecule has 1 saturated heterocycles. The molecule has 9 heteroatoms. The summed E-state index contributed by atoms with van der Waals surface area (Å²) in [5.41, 5.74) is 0.206. The van der Waals surface area contributed by atoms with Crippen LogP contribution in [0, 0.1) is 0 Å². The number of anilines is 1. The van der Waals surface area contributed by atoms with Crippen molar-refractivity contribution in [3.8, 4) is 6.01 Å². The molecule has 28 heavy (non-hydrogen) atoms. The van der Waals surface area contributed by atoms with Crippen molar-refractivity contribution in [1.29, 1.82) is 0 Å². The highest BCUT2D eigenvalue weighted by Gasteiger charge is 2.26. The van der Waals surface area contributed by atoms with Crippen LogP contribution in [0.1, 0.15) is 26.5 Å². The SMILES string of the molecule is CC(C)(C)OC(=O)N1CCN(c2ccnc(OCc3cc(Cl)ccn3)n2)CC1. The fourth-order valence-electron chi connectivity index (χ4n) is 2.69. The molecule has 3 heterocycles. The first kappa shape index (κ1) is 20.1. The summed E-state index contributed by atoms with van der Waals surface area (Å²) in [7, 11) is 0. The fraction of sp³-hybridized carbons (Fsp3) is 0.474. The summed E-state index contributed by atoms with van der Waals surface area (Å²) in [6.07, 6.45) is 3.00. The van der Waals surface area contributed by atoms with Crippen molar-refractivity contribution >= 4 is 23.5 Å². The van der Waals surface area contributed by atoms with E-state index in [0.717, 1.165) is 5.82 Å². The highest BCUT2D eigenvalue weighted by molar-refractivity contribution is 6.30. The standard InChI is InChI=1S/C19H24ClN5O3/c1-19(2,3)28-18(26)25-10-8-24(9-11-25)16-5-7-22-17(23-16)27-13-15-12-14(20)4-6-21-15/h4-7,12H,8-11,13H2,1-3H3. The van der Waals surface area contributed by atoms with E-state index in [4.69, 9.17) is 21.1 Å². The van der Waals surface area contributed by atoms with Gasteiger partial charge in [0, 0.05) is 43.6 Å². The summed E-state index contributed by atoms with van der Waals surface area (Å²) in [4.78, 5) is 28.8. The number of ether oxygens (including phenoxy) is 2. The van der Waals surface area contributed by atoms with E-state index >= 15 is 0 Å². The Balaban J connectivity index is 1.55. The Labute approximate surface area is 169 Å². The molecule has 150 valence electrons. The van der Waals surface area contributed by atoms with Crippen LogP contribution in [0.4, 0.5) is 10.6 Å². The van der Waals surface area contributed by atoms with Crippen molar-refractivity contribution < 1.29 is 14.3 Å². The van der Waals surface area contributed by atoms with E-state index in [-0.39, 0.29) is 18.7 Å². The first-order chi connectivity index (χ1) is 13.3. The predicted molar refractivity (Wildman–Crippen MR) is 106 cm³/mol. The molecular weight excluding hydrogens is 382 g/mol. The molecule has 0 bridgehead atoms. The number of aromatic nitrogens is 3. The quantitative estimate of drug-likeness (QED) is 0.772. The van der Waals surface area contributed by atoms with Crippen molar-refractivity contribution in [2.45, 2.75) is 33.0 Å². The van der Waals surface area contributed by atoms with E-state index in [9.17, 15) is 4.79 Å². The lowest BCUT2D eigenvalue weighted by Gasteiger charge is -2.36. The lowest BCUT2D eigenvalue weighted by molar-refractivity contribution is 0.0240. The van der Waals surface area contributed by atoms with E-state index in [1.54, 1.807) is 29.4 Å². The zero-order valence-corrected chi connectivity index (χ0v) is 17.0. The number of hydrogen-bond acceptors (Lipinski definition) is 7. The molecule has 0 atom stereocenters. The Morgan fingerprint density at radius 1 is 1.14 bits per heavy atom. The molecule has 2 aromatic heterocycles. The number of pyridine rings is 1. The summed E-state index contributed by atoms with van der Waals surface area (Å²) in [6.45, 7) is 8.28. The molecule has 1 aliphatic heterocycles. The van der Waals surface area contributed by atoms with E-state index in [1.165, 1.54) is 0 Å². The minimum atomic E-state index is -0.495. The molecule has 1 amide bonds. The monoisotopic (exact) mass is 405 g/mol. The van der Waals surface area contributed by atoms with Crippen LogP contribution in [0.3, 0.4) is 0 Å². The Kier molecular flexibility index (Phi) is 6.18. The number of halogens is 1. The molecule has 3 rings (SSSR count). The van der Waals surface area contributed by atoms with Crippen LogP contribution in [0.15, 0.2) is 30.6 Å². The van der Waals surface area contributed by atoms with E-state index < -0.39 is 5.60 Å². The molecule has 2 aromatic rings. The third-order valence-corrected chi connectivity index (χ3v) is 4.24. The van der Waals surface area contributed by atoms with Crippen LogP contribution in [0.25, 0.3) is 0 Å². The predicted octanol–water partition coefficient (Wildman–Crippen LogP) is 3.16. The van der Waals surface area contributed by atoms with Crippen molar-refractivity contribution in [3.05, 3.63) is 41.3 Å². The van der Waals surface area contributed by atoms with Crippen LogP contribution in [-0.4, -0.2) is 57.7 Å². The summed E-state index contributed by atoms with van der Waals surface area (Å²) in [5, 5.41) is 0.603.